The highest BCUT2D eigenvalue weighted by Crippen LogP contribution is 2.33. The van der Waals surface area contributed by atoms with Crippen LogP contribution in [0.15, 0.2) is 43.0 Å². The van der Waals surface area contributed by atoms with Crippen molar-refractivity contribution < 1.29 is 19.4 Å². The number of thiocarbonyl (C=S) groups is 1. The molecule has 2 rings (SSSR count). The number of aromatic hydroxyl groups is 1. The van der Waals surface area contributed by atoms with E-state index in [9.17, 15) is 14.7 Å². The van der Waals surface area contributed by atoms with Gasteiger partial charge in [-0.1, -0.05) is 12.2 Å². The van der Waals surface area contributed by atoms with Crippen molar-refractivity contribution in [1.82, 2.24) is 10.2 Å². The van der Waals surface area contributed by atoms with Crippen molar-refractivity contribution in [3.63, 3.8) is 0 Å². The molecule has 2 amide bonds. The molecule has 2 N–H and O–H groups in total. The van der Waals surface area contributed by atoms with Gasteiger partial charge in [0.15, 0.2) is 16.6 Å². The van der Waals surface area contributed by atoms with Crippen molar-refractivity contribution in [2.24, 2.45) is 0 Å². The summed E-state index contributed by atoms with van der Waals surface area (Å²) in [4.78, 5) is 25.9. The van der Waals surface area contributed by atoms with Gasteiger partial charge in [0, 0.05) is 12.1 Å². The average molecular weight is 358 g/mol. The number of carbonyl (C=O) groups excluding carboxylic acids is 2. The number of benzene rings is 1. The topological polar surface area (TPSA) is 78.9 Å². The Labute approximate surface area is 151 Å². The Morgan fingerprint density at radius 2 is 2.04 bits per heavy atom. The van der Waals surface area contributed by atoms with Crippen LogP contribution < -0.4 is 10.1 Å². The Kier molecular flexibility index (Phi) is 5.71. The zero-order valence-corrected chi connectivity index (χ0v) is 14.6. The number of allylic oxidation sites excluding steroid dienone is 1. The Bertz CT molecular complexity index is 799. The average Bonchev–Trinajstić information content (AvgIpc) is 2.58. The standard InChI is InChI=1S/C18H18N2O4S/c1-4-6-12-8-11(10-14(24-3)15(12)21)9-13-16(22)19-18(25)20(7-5-2)17(13)23/h4-5,8-10,21H,1-2,6-7H2,3H3,(H,19,22,25)/b13-9+. The highest BCUT2D eigenvalue weighted by atomic mass is 32.1. The number of phenols is 1. The van der Waals surface area contributed by atoms with E-state index >= 15 is 0 Å². The fourth-order valence-corrected chi connectivity index (χ4v) is 2.64. The SMILES string of the molecule is C=CCc1cc(/C=C2\C(=O)NC(=S)N(CC=C)C2=O)cc(OC)c1O. The lowest BCUT2D eigenvalue weighted by molar-refractivity contribution is -0.128. The monoisotopic (exact) mass is 358 g/mol. The van der Waals surface area contributed by atoms with Gasteiger partial charge in [0.1, 0.15) is 5.57 Å². The van der Waals surface area contributed by atoms with Crippen molar-refractivity contribution in [3.8, 4) is 11.5 Å². The minimum atomic E-state index is -0.576. The molecule has 6 nitrogen and oxygen atoms in total. The maximum atomic E-state index is 12.5. The second kappa shape index (κ2) is 7.76. The zero-order chi connectivity index (χ0) is 18.6. The van der Waals surface area contributed by atoms with Crippen LogP contribution in [0.5, 0.6) is 11.5 Å². The molecule has 0 atom stereocenters. The van der Waals surface area contributed by atoms with Crippen LogP contribution in [0.4, 0.5) is 0 Å². The lowest BCUT2D eigenvalue weighted by atomic mass is 10.0. The van der Waals surface area contributed by atoms with Gasteiger partial charge in [0.05, 0.1) is 7.11 Å². The van der Waals surface area contributed by atoms with Gasteiger partial charge in [-0.2, -0.15) is 0 Å². The summed E-state index contributed by atoms with van der Waals surface area (Å²) in [7, 11) is 1.42. The number of hydrogen-bond donors (Lipinski definition) is 2. The van der Waals surface area contributed by atoms with E-state index in [4.69, 9.17) is 17.0 Å². The van der Waals surface area contributed by atoms with E-state index in [1.54, 1.807) is 18.2 Å². The van der Waals surface area contributed by atoms with Crippen molar-refractivity contribution in [1.29, 1.82) is 0 Å². The molecule has 130 valence electrons. The van der Waals surface area contributed by atoms with E-state index in [1.807, 2.05) is 0 Å². The van der Waals surface area contributed by atoms with E-state index in [0.29, 0.717) is 17.5 Å². The molecule has 25 heavy (non-hydrogen) atoms. The Hall–Kier alpha value is -2.93. The predicted octanol–water partition coefficient (Wildman–Crippen LogP) is 1.94. The number of phenolic OH excluding ortho intramolecular Hbond substituents is 1. The number of nitrogens with one attached hydrogen (secondary N) is 1. The van der Waals surface area contributed by atoms with Gasteiger partial charge in [0.25, 0.3) is 11.8 Å². The molecule has 1 heterocycles. The molecule has 1 aromatic rings. The van der Waals surface area contributed by atoms with Crippen LogP contribution in [0.25, 0.3) is 6.08 Å². The number of nitrogens with zero attached hydrogens (tertiary/aromatic N) is 1. The molecule has 0 radical (unpaired) electrons. The molecule has 0 unspecified atom stereocenters. The van der Waals surface area contributed by atoms with Crippen LogP contribution in [0.1, 0.15) is 11.1 Å². The zero-order valence-electron chi connectivity index (χ0n) is 13.7. The summed E-state index contributed by atoms with van der Waals surface area (Å²) < 4.78 is 5.15. The summed E-state index contributed by atoms with van der Waals surface area (Å²) in [5.41, 5.74) is 1.05. The first-order chi connectivity index (χ1) is 11.9. The quantitative estimate of drug-likeness (QED) is 0.352. The highest BCUT2D eigenvalue weighted by molar-refractivity contribution is 7.80. The highest BCUT2D eigenvalue weighted by Gasteiger charge is 2.32. The molecule has 0 spiro atoms. The maximum absolute atomic E-state index is 12.5. The summed E-state index contributed by atoms with van der Waals surface area (Å²) in [5, 5.41) is 12.6. The summed E-state index contributed by atoms with van der Waals surface area (Å²) in [6.07, 6.45) is 5.00. The number of amides is 2. The Morgan fingerprint density at radius 1 is 1.32 bits per heavy atom. The van der Waals surface area contributed by atoms with Crippen LogP contribution in [0.3, 0.4) is 0 Å². The summed E-state index contributed by atoms with van der Waals surface area (Å²) >= 11 is 5.01. The largest absolute Gasteiger partial charge is 0.504 e. The first kappa shape index (κ1) is 18.4. The van der Waals surface area contributed by atoms with E-state index in [0.717, 1.165) is 0 Å². The lowest BCUT2D eigenvalue weighted by Crippen LogP contribution is -2.53. The van der Waals surface area contributed by atoms with Crippen LogP contribution >= 0.6 is 12.2 Å². The molecule has 1 aliphatic rings. The molecule has 1 saturated heterocycles. The number of hydrogen-bond acceptors (Lipinski definition) is 5. The first-order valence-electron chi connectivity index (χ1n) is 7.43. The molecule has 1 aromatic carbocycles. The third kappa shape index (κ3) is 3.77. The molecular formula is C18H18N2O4S. The van der Waals surface area contributed by atoms with E-state index in [1.165, 1.54) is 24.2 Å². The molecule has 0 saturated carbocycles. The minimum Gasteiger partial charge on any atom is -0.504 e. The predicted molar refractivity (Wildman–Crippen MR) is 99.2 cm³/mol. The molecule has 0 bridgehead atoms. The molecule has 7 heteroatoms. The number of carbonyl (C=O) groups is 2. The summed E-state index contributed by atoms with van der Waals surface area (Å²) in [5.74, 6) is -0.842. The Balaban J connectivity index is 2.50. The summed E-state index contributed by atoms with van der Waals surface area (Å²) in [6, 6.07) is 3.21. The van der Waals surface area contributed by atoms with Gasteiger partial charge >= 0.3 is 0 Å². The van der Waals surface area contributed by atoms with Crippen LogP contribution in [0, 0.1) is 0 Å². The second-order valence-corrected chi connectivity index (χ2v) is 5.63. The van der Waals surface area contributed by atoms with E-state index in [-0.39, 0.29) is 28.7 Å². The van der Waals surface area contributed by atoms with Crippen molar-refractivity contribution in [2.75, 3.05) is 13.7 Å². The van der Waals surface area contributed by atoms with E-state index < -0.39 is 11.8 Å². The van der Waals surface area contributed by atoms with Crippen molar-refractivity contribution >= 4 is 35.2 Å². The fourth-order valence-electron chi connectivity index (χ4n) is 2.39. The van der Waals surface area contributed by atoms with Crippen LogP contribution in [0.2, 0.25) is 0 Å². The number of rotatable bonds is 6. The molecule has 1 fully saturated rings. The van der Waals surface area contributed by atoms with Gasteiger partial charge in [-0.3, -0.25) is 19.8 Å². The minimum absolute atomic E-state index is 0.00145. The van der Waals surface area contributed by atoms with Gasteiger partial charge in [0.2, 0.25) is 0 Å². The third-order valence-corrected chi connectivity index (χ3v) is 3.89. The number of methoxy groups -OCH3 is 1. The summed E-state index contributed by atoms with van der Waals surface area (Å²) in [6.45, 7) is 7.41. The molecule has 1 aliphatic heterocycles. The van der Waals surface area contributed by atoms with E-state index in [2.05, 4.69) is 18.5 Å². The van der Waals surface area contributed by atoms with Gasteiger partial charge in [-0.15, -0.1) is 13.2 Å². The van der Waals surface area contributed by atoms with Gasteiger partial charge in [-0.05, 0) is 42.4 Å². The maximum Gasteiger partial charge on any atom is 0.265 e. The first-order valence-corrected chi connectivity index (χ1v) is 7.84. The third-order valence-electron chi connectivity index (χ3n) is 3.57. The Morgan fingerprint density at radius 3 is 2.64 bits per heavy atom. The van der Waals surface area contributed by atoms with Crippen molar-refractivity contribution in [2.45, 2.75) is 6.42 Å². The smallest absolute Gasteiger partial charge is 0.265 e. The molecule has 0 aliphatic carbocycles. The van der Waals surface area contributed by atoms with Crippen LogP contribution in [-0.4, -0.2) is 40.6 Å². The second-order valence-electron chi connectivity index (χ2n) is 5.25. The normalized spacial score (nSPS) is 16.0. The fraction of sp³-hybridized carbons (Fsp3) is 0.167. The van der Waals surface area contributed by atoms with Crippen LogP contribution in [-0.2, 0) is 16.0 Å². The van der Waals surface area contributed by atoms with Gasteiger partial charge < -0.3 is 9.84 Å². The number of ether oxygens (including phenoxy) is 1. The van der Waals surface area contributed by atoms with Crippen molar-refractivity contribution in [3.05, 3.63) is 54.1 Å². The molecular weight excluding hydrogens is 340 g/mol. The lowest BCUT2D eigenvalue weighted by Gasteiger charge is -2.27. The molecule has 0 aromatic heterocycles. The van der Waals surface area contributed by atoms with Gasteiger partial charge in [-0.25, -0.2) is 0 Å².